The van der Waals surface area contributed by atoms with E-state index in [-0.39, 0.29) is 0 Å². The van der Waals surface area contributed by atoms with Gasteiger partial charge in [0.25, 0.3) is 0 Å². The van der Waals surface area contributed by atoms with Crippen molar-refractivity contribution in [2.45, 2.75) is 26.7 Å². The van der Waals surface area contributed by atoms with Gasteiger partial charge in [0.05, 0.1) is 17.1 Å². The molecule has 0 fully saturated rings. The average Bonchev–Trinajstić information content (AvgIpc) is 2.39. The first kappa shape index (κ1) is 10.8. The SMILES string of the molecule is CCc1cnc(CC)c(-c2ccccc2)n1. The zero-order valence-electron chi connectivity index (χ0n) is 9.77. The van der Waals surface area contributed by atoms with Crippen LogP contribution in [0.25, 0.3) is 11.3 Å². The van der Waals surface area contributed by atoms with Gasteiger partial charge in [0, 0.05) is 11.8 Å². The minimum atomic E-state index is 0.918. The van der Waals surface area contributed by atoms with Gasteiger partial charge >= 0.3 is 0 Å². The predicted molar refractivity (Wildman–Crippen MR) is 66.2 cm³/mol. The first-order valence-corrected chi connectivity index (χ1v) is 5.75. The van der Waals surface area contributed by atoms with Crippen LogP contribution in [0.3, 0.4) is 0 Å². The summed E-state index contributed by atoms with van der Waals surface area (Å²) in [5.74, 6) is 0. The van der Waals surface area contributed by atoms with Crippen LogP contribution < -0.4 is 0 Å². The lowest BCUT2D eigenvalue weighted by Gasteiger charge is -2.07. The van der Waals surface area contributed by atoms with Crippen molar-refractivity contribution in [2.75, 3.05) is 0 Å². The molecule has 0 radical (unpaired) electrons. The molecule has 2 heteroatoms. The fourth-order valence-electron chi connectivity index (χ4n) is 1.71. The molecule has 0 aliphatic heterocycles. The molecule has 0 N–H and O–H groups in total. The van der Waals surface area contributed by atoms with Gasteiger partial charge in [-0.3, -0.25) is 4.98 Å². The Morgan fingerprint density at radius 2 is 1.75 bits per heavy atom. The highest BCUT2D eigenvalue weighted by Crippen LogP contribution is 2.20. The van der Waals surface area contributed by atoms with E-state index in [0.717, 1.165) is 35.5 Å². The van der Waals surface area contributed by atoms with Crippen LogP contribution in [0, 0.1) is 0 Å². The summed E-state index contributed by atoms with van der Waals surface area (Å²) in [6, 6.07) is 10.3. The van der Waals surface area contributed by atoms with Gasteiger partial charge in [-0.15, -0.1) is 0 Å². The second-order valence-corrected chi connectivity index (χ2v) is 3.73. The summed E-state index contributed by atoms with van der Waals surface area (Å²) in [6.45, 7) is 4.21. The summed E-state index contributed by atoms with van der Waals surface area (Å²) in [5, 5.41) is 0. The first-order chi connectivity index (χ1) is 7.85. The van der Waals surface area contributed by atoms with Crippen molar-refractivity contribution in [3.8, 4) is 11.3 Å². The third-order valence-electron chi connectivity index (χ3n) is 2.64. The summed E-state index contributed by atoms with van der Waals surface area (Å²) in [6.07, 6.45) is 3.73. The Bertz CT molecular complexity index is 463. The highest BCUT2D eigenvalue weighted by Gasteiger charge is 2.07. The van der Waals surface area contributed by atoms with Gasteiger partial charge in [-0.25, -0.2) is 4.98 Å². The molecule has 2 rings (SSSR count). The zero-order chi connectivity index (χ0) is 11.4. The Morgan fingerprint density at radius 3 is 2.38 bits per heavy atom. The standard InChI is InChI=1S/C14H16N2/c1-3-12-10-15-13(4-2)14(16-12)11-8-6-5-7-9-11/h5-10H,3-4H2,1-2H3. The lowest BCUT2D eigenvalue weighted by Crippen LogP contribution is -1.99. The number of aryl methyl sites for hydroxylation is 2. The van der Waals surface area contributed by atoms with E-state index in [4.69, 9.17) is 0 Å². The summed E-state index contributed by atoms with van der Waals surface area (Å²) >= 11 is 0. The number of hydrogen-bond donors (Lipinski definition) is 0. The summed E-state index contributed by atoms with van der Waals surface area (Å²) in [7, 11) is 0. The Morgan fingerprint density at radius 1 is 1.00 bits per heavy atom. The molecule has 2 nitrogen and oxygen atoms in total. The minimum Gasteiger partial charge on any atom is -0.257 e. The highest BCUT2D eigenvalue weighted by molar-refractivity contribution is 5.61. The molecule has 0 atom stereocenters. The molecule has 0 unspecified atom stereocenters. The molecule has 0 bridgehead atoms. The van der Waals surface area contributed by atoms with E-state index in [9.17, 15) is 0 Å². The summed E-state index contributed by atoms with van der Waals surface area (Å²) < 4.78 is 0. The van der Waals surface area contributed by atoms with Gasteiger partial charge in [0.1, 0.15) is 0 Å². The normalized spacial score (nSPS) is 10.4. The predicted octanol–water partition coefficient (Wildman–Crippen LogP) is 3.27. The van der Waals surface area contributed by atoms with Crippen molar-refractivity contribution >= 4 is 0 Å². The van der Waals surface area contributed by atoms with Crippen LogP contribution in [0.4, 0.5) is 0 Å². The molecule has 0 aliphatic rings. The topological polar surface area (TPSA) is 25.8 Å². The maximum atomic E-state index is 4.67. The highest BCUT2D eigenvalue weighted by atomic mass is 14.8. The van der Waals surface area contributed by atoms with Gasteiger partial charge < -0.3 is 0 Å². The molecule has 16 heavy (non-hydrogen) atoms. The molecule has 0 spiro atoms. The monoisotopic (exact) mass is 212 g/mol. The van der Waals surface area contributed by atoms with Crippen LogP contribution in [0.5, 0.6) is 0 Å². The molecular formula is C14H16N2. The van der Waals surface area contributed by atoms with Crippen LogP contribution in [0.15, 0.2) is 36.5 Å². The van der Waals surface area contributed by atoms with Crippen LogP contribution >= 0.6 is 0 Å². The van der Waals surface area contributed by atoms with Crippen LogP contribution in [-0.4, -0.2) is 9.97 Å². The first-order valence-electron chi connectivity index (χ1n) is 5.75. The number of aromatic nitrogens is 2. The fourth-order valence-corrected chi connectivity index (χ4v) is 1.71. The van der Waals surface area contributed by atoms with Crippen molar-refractivity contribution in [1.82, 2.24) is 9.97 Å². The Hall–Kier alpha value is -1.70. The Kier molecular flexibility index (Phi) is 3.30. The largest absolute Gasteiger partial charge is 0.257 e. The fraction of sp³-hybridized carbons (Fsp3) is 0.286. The van der Waals surface area contributed by atoms with E-state index in [1.807, 2.05) is 24.4 Å². The second-order valence-electron chi connectivity index (χ2n) is 3.73. The Balaban J connectivity index is 2.53. The molecule has 82 valence electrons. The zero-order valence-corrected chi connectivity index (χ0v) is 9.77. The third kappa shape index (κ3) is 2.11. The molecule has 1 aromatic carbocycles. The molecule has 0 saturated heterocycles. The van der Waals surface area contributed by atoms with E-state index in [1.165, 1.54) is 0 Å². The number of rotatable bonds is 3. The maximum Gasteiger partial charge on any atom is 0.0920 e. The van der Waals surface area contributed by atoms with Crippen molar-refractivity contribution in [3.05, 3.63) is 47.9 Å². The smallest absolute Gasteiger partial charge is 0.0920 e. The van der Waals surface area contributed by atoms with E-state index < -0.39 is 0 Å². The molecule has 0 saturated carbocycles. The number of hydrogen-bond acceptors (Lipinski definition) is 2. The van der Waals surface area contributed by atoms with E-state index in [2.05, 4.69) is 35.9 Å². The van der Waals surface area contributed by atoms with Crippen molar-refractivity contribution in [3.63, 3.8) is 0 Å². The number of benzene rings is 1. The van der Waals surface area contributed by atoms with E-state index >= 15 is 0 Å². The molecule has 1 heterocycles. The summed E-state index contributed by atoms with van der Waals surface area (Å²) in [4.78, 5) is 9.15. The van der Waals surface area contributed by atoms with E-state index in [0.29, 0.717) is 0 Å². The minimum absolute atomic E-state index is 0.918. The van der Waals surface area contributed by atoms with Crippen LogP contribution in [0.1, 0.15) is 25.2 Å². The van der Waals surface area contributed by atoms with Crippen molar-refractivity contribution in [1.29, 1.82) is 0 Å². The van der Waals surface area contributed by atoms with Crippen LogP contribution in [0.2, 0.25) is 0 Å². The summed E-state index contributed by atoms with van der Waals surface area (Å²) in [5.41, 5.74) is 4.31. The second kappa shape index (κ2) is 4.88. The van der Waals surface area contributed by atoms with Crippen molar-refractivity contribution < 1.29 is 0 Å². The third-order valence-corrected chi connectivity index (χ3v) is 2.64. The van der Waals surface area contributed by atoms with Gasteiger partial charge in [0.2, 0.25) is 0 Å². The van der Waals surface area contributed by atoms with Crippen LogP contribution in [-0.2, 0) is 12.8 Å². The van der Waals surface area contributed by atoms with Gasteiger partial charge in [0.15, 0.2) is 0 Å². The van der Waals surface area contributed by atoms with Gasteiger partial charge in [-0.2, -0.15) is 0 Å². The van der Waals surface area contributed by atoms with Gasteiger partial charge in [-0.05, 0) is 12.8 Å². The molecule has 1 aromatic heterocycles. The van der Waals surface area contributed by atoms with Gasteiger partial charge in [-0.1, -0.05) is 44.2 Å². The lowest BCUT2D eigenvalue weighted by molar-refractivity contribution is 0.943. The molecule has 2 aromatic rings. The molecule has 0 aliphatic carbocycles. The number of nitrogens with zero attached hydrogens (tertiary/aromatic N) is 2. The maximum absolute atomic E-state index is 4.67. The van der Waals surface area contributed by atoms with E-state index in [1.54, 1.807) is 0 Å². The average molecular weight is 212 g/mol. The molecule has 0 amide bonds. The lowest BCUT2D eigenvalue weighted by atomic mass is 10.1. The Labute approximate surface area is 96.4 Å². The van der Waals surface area contributed by atoms with Crippen molar-refractivity contribution in [2.24, 2.45) is 0 Å². The molecular weight excluding hydrogens is 196 g/mol. The quantitative estimate of drug-likeness (QED) is 0.780.